The minimum Gasteiger partial charge on any atom is -0.311 e. The Hall–Kier alpha value is -0.340. The fourth-order valence-electron chi connectivity index (χ4n) is 1.85. The first-order valence-corrected chi connectivity index (χ1v) is 6.23. The van der Waals surface area contributed by atoms with Gasteiger partial charge >= 0.3 is 0 Å². The standard InChI is InChI=1S/C14H30N2/c1-11(2)10-16(8)13(12(3)4)9-15-14(5,6)7/h12-13,15H,1,9-10H2,2-8H3. The predicted octanol–water partition coefficient (Wildman–Crippen LogP) is 2.91. The lowest BCUT2D eigenvalue weighted by Crippen LogP contribution is -2.49. The maximum atomic E-state index is 3.98. The number of nitrogens with one attached hydrogen (secondary N) is 1. The van der Waals surface area contributed by atoms with Gasteiger partial charge in [0.15, 0.2) is 0 Å². The van der Waals surface area contributed by atoms with E-state index in [0.29, 0.717) is 12.0 Å². The van der Waals surface area contributed by atoms with Crippen molar-refractivity contribution < 1.29 is 0 Å². The van der Waals surface area contributed by atoms with Crippen molar-refractivity contribution in [1.29, 1.82) is 0 Å². The van der Waals surface area contributed by atoms with Crippen LogP contribution in [0.25, 0.3) is 0 Å². The largest absolute Gasteiger partial charge is 0.311 e. The molecule has 0 bridgehead atoms. The Bertz CT molecular complexity index is 213. The third kappa shape index (κ3) is 7.02. The van der Waals surface area contributed by atoms with Crippen molar-refractivity contribution in [3.63, 3.8) is 0 Å². The fraction of sp³-hybridized carbons (Fsp3) is 0.857. The average Bonchev–Trinajstić information content (AvgIpc) is 1.99. The zero-order valence-corrected chi connectivity index (χ0v) is 12.2. The maximum Gasteiger partial charge on any atom is 0.0244 e. The molecular weight excluding hydrogens is 196 g/mol. The molecule has 1 atom stereocenters. The van der Waals surface area contributed by atoms with Crippen molar-refractivity contribution in [2.24, 2.45) is 5.92 Å². The fourth-order valence-corrected chi connectivity index (χ4v) is 1.85. The van der Waals surface area contributed by atoms with E-state index in [1.54, 1.807) is 0 Å². The van der Waals surface area contributed by atoms with Crippen molar-refractivity contribution in [2.45, 2.75) is 53.1 Å². The van der Waals surface area contributed by atoms with Crippen LogP contribution in [0.5, 0.6) is 0 Å². The molecular formula is C14H30N2. The van der Waals surface area contributed by atoms with E-state index in [-0.39, 0.29) is 5.54 Å². The topological polar surface area (TPSA) is 15.3 Å². The lowest BCUT2D eigenvalue weighted by Gasteiger charge is -2.34. The van der Waals surface area contributed by atoms with Gasteiger partial charge in [-0.1, -0.05) is 26.0 Å². The molecule has 0 aromatic carbocycles. The van der Waals surface area contributed by atoms with Crippen molar-refractivity contribution in [1.82, 2.24) is 10.2 Å². The monoisotopic (exact) mass is 226 g/mol. The van der Waals surface area contributed by atoms with Crippen molar-refractivity contribution in [3.05, 3.63) is 12.2 Å². The van der Waals surface area contributed by atoms with Crippen LogP contribution in [-0.2, 0) is 0 Å². The summed E-state index contributed by atoms with van der Waals surface area (Å²) >= 11 is 0. The molecule has 0 fully saturated rings. The van der Waals surface area contributed by atoms with Gasteiger partial charge in [0, 0.05) is 24.7 Å². The summed E-state index contributed by atoms with van der Waals surface area (Å²) in [5.41, 5.74) is 1.42. The van der Waals surface area contributed by atoms with E-state index in [0.717, 1.165) is 13.1 Å². The molecule has 0 aliphatic carbocycles. The number of hydrogen-bond acceptors (Lipinski definition) is 2. The van der Waals surface area contributed by atoms with Gasteiger partial charge in [0.2, 0.25) is 0 Å². The third-order valence-electron chi connectivity index (χ3n) is 2.70. The van der Waals surface area contributed by atoms with Crippen molar-refractivity contribution in [2.75, 3.05) is 20.1 Å². The first-order chi connectivity index (χ1) is 7.13. The first-order valence-electron chi connectivity index (χ1n) is 6.23. The lowest BCUT2D eigenvalue weighted by atomic mass is 10.0. The molecule has 0 rings (SSSR count). The predicted molar refractivity (Wildman–Crippen MR) is 73.8 cm³/mol. The summed E-state index contributed by atoms with van der Waals surface area (Å²) in [6, 6.07) is 0.566. The van der Waals surface area contributed by atoms with Crippen molar-refractivity contribution in [3.8, 4) is 0 Å². The molecule has 0 heterocycles. The van der Waals surface area contributed by atoms with Gasteiger partial charge in [-0.05, 0) is 40.7 Å². The molecule has 96 valence electrons. The number of rotatable bonds is 6. The summed E-state index contributed by atoms with van der Waals surface area (Å²) in [7, 11) is 2.18. The van der Waals surface area contributed by atoms with Crippen LogP contribution in [0.15, 0.2) is 12.2 Å². The van der Waals surface area contributed by atoms with Crippen LogP contribution in [0.1, 0.15) is 41.5 Å². The summed E-state index contributed by atoms with van der Waals surface area (Å²) in [5, 5.41) is 3.59. The molecule has 1 unspecified atom stereocenters. The van der Waals surface area contributed by atoms with Gasteiger partial charge in [-0.25, -0.2) is 0 Å². The summed E-state index contributed by atoms with van der Waals surface area (Å²) in [4.78, 5) is 2.39. The first kappa shape index (κ1) is 15.7. The van der Waals surface area contributed by atoms with Crippen LogP contribution in [0.2, 0.25) is 0 Å². The molecule has 0 saturated carbocycles. The Labute approximate surface area is 102 Å². The minimum absolute atomic E-state index is 0.192. The molecule has 0 aliphatic rings. The molecule has 0 aromatic heterocycles. The van der Waals surface area contributed by atoms with Crippen LogP contribution in [-0.4, -0.2) is 36.6 Å². The van der Waals surface area contributed by atoms with Gasteiger partial charge < -0.3 is 5.32 Å². The molecule has 0 amide bonds. The Kier molecular flexibility index (Phi) is 6.27. The lowest BCUT2D eigenvalue weighted by molar-refractivity contribution is 0.189. The van der Waals surface area contributed by atoms with Crippen LogP contribution in [0.4, 0.5) is 0 Å². The Morgan fingerprint density at radius 3 is 2.12 bits per heavy atom. The summed E-state index contributed by atoms with van der Waals surface area (Å²) in [6.45, 7) is 19.3. The highest BCUT2D eigenvalue weighted by Crippen LogP contribution is 2.11. The second-order valence-corrected chi connectivity index (χ2v) is 6.31. The Balaban J connectivity index is 4.32. The second-order valence-electron chi connectivity index (χ2n) is 6.31. The molecule has 16 heavy (non-hydrogen) atoms. The molecule has 0 aliphatic heterocycles. The van der Waals surface area contributed by atoms with E-state index < -0.39 is 0 Å². The van der Waals surface area contributed by atoms with Crippen molar-refractivity contribution >= 4 is 0 Å². The SMILES string of the molecule is C=C(C)CN(C)C(CNC(C)(C)C)C(C)C. The summed E-state index contributed by atoms with van der Waals surface area (Å²) in [5.74, 6) is 0.652. The molecule has 1 N–H and O–H groups in total. The van der Waals surface area contributed by atoms with Gasteiger partial charge in [0.05, 0.1) is 0 Å². The van der Waals surface area contributed by atoms with E-state index in [9.17, 15) is 0 Å². The smallest absolute Gasteiger partial charge is 0.0244 e. The van der Waals surface area contributed by atoms with Gasteiger partial charge in [-0.3, -0.25) is 4.90 Å². The van der Waals surface area contributed by atoms with E-state index >= 15 is 0 Å². The minimum atomic E-state index is 0.192. The van der Waals surface area contributed by atoms with E-state index in [1.807, 2.05) is 0 Å². The molecule has 0 aromatic rings. The number of likely N-dealkylation sites (N-methyl/N-ethyl adjacent to an activating group) is 1. The van der Waals surface area contributed by atoms with E-state index in [1.165, 1.54) is 5.57 Å². The third-order valence-corrected chi connectivity index (χ3v) is 2.70. The van der Waals surface area contributed by atoms with Crippen LogP contribution in [0.3, 0.4) is 0 Å². The van der Waals surface area contributed by atoms with E-state index in [2.05, 4.69) is 65.4 Å². The maximum absolute atomic E-state index is 3.98. The van der Waals surface area contributed by atoms with Crippen LogP contribution < -0.4 is 5.32 Å². The highest BCUT2D eigenvalue weighted by Gasteiger charge is 2.20. The highest BCUT2D eigenvalue weighted by atomic mass is 15.2. The zero-order valence-electron chi connectivity index (χ0n) is 12.2. The zero-order chi connectivity index (χ0) is 12.9. The summed E-state index contributed by atoms with van der Waals surface area (Å²) < 4.78 is 0. The molecule has 0 radical (unpaired) electrons. The van der Waals surface area contributed by atoms with Crippen LogP contribution >= 0.6 is 0 Å². The Morgan fingerprint density at radius 2 is 1.81 bits per heavy atom. The highest BCUT2D eigenvalue weighted by molar-refractivity contribution is 4.93. The van der Waals surface area contributed by atoms with Gasteiger partial charge in [-0.2, -0.15) is 0 Å². The van der Waals surface area contributed by atoms with Gasteiger partial charge in [-0.15, -0.1) is 0 Å². The van der Waals surface area contributed by atoms with Gasteiger partial charge in [0.1, 0.15) is 0 Å². The molecule has 0 spiro atoms. The number of nitrogens with zero attached hydrogens (tertiary/aromatic N) is 1. The second kappa shape index (κ2) is 6.41. The average molecular weight is 226 g/mol. The van der Waals surface area contributed by atoms with Gasteiger partial charge in [0.25, 0.3) is 0 Å². The number of hydrogen-bond donors (Lipinski definition) is 1. The molecule has 0 saturated heterocycles. The van der Waals surface area contributed by atoms with Crippen LogP contribution in [0, 0.1) is 5.92 Å². The Morgan fingerprint density at radius 1 is 1.31 bits per heavy atom. The molecule has 2 heteroatoms. The normalized spacial score (nSPS) is 14.6. The summed E-state index contributed by atoms with van der Waals surface area (Å²) in [6.07, 6.45) is 0. The quantitative estimate of drug-likeness (QED) is 0.701. The molecule has 2 nitrogen and oxygen atoms in total. The van der Waals surface area contributed by atoms with E-state index in [4.69, 9.17) is 0 Å².